The molecule has 0 spiro atoms. The zero-order chi connectivity index (χ0) is 28.7. The first-order valence-electron chi connectivity index (χ1n) is 13.5. The van der Waals surface area contributed by atoms with Gasteiger partial charge in [0.15, 0.2) is 0 Å². The second-order valence-corrected chi connectivity index (χ2v) is 10.9. The molecule has 3 aromatic rings. The van der Waals surface area contributed by atoms with Crippen molar-refractivity contribution in [1.82, 2.24) is 20.5 Å². The van der Waals surface area contributed by atoms with Crippen molar-refractivity contribution in [2.45, 2.75) is 63.8 Å². The Labute approximate surface area is 235 Å². The number of nitrogens with two attached hydrogens (primary N) is 1. The van der Waals surface area contributed by atoms with Crippen LogP contribution in [0, 0.1) is 0 Å². The number of pyridine rings is 1. The van der Waals surface area contributed by atoms with Crippen LogP contribution in [0.5, 0.6) is 0 Å². The fourth-order valence-corrected chi connectivity index (χ4v) is 4.95. The van der Waals surface area contributed by atoms with Gasteiger partial charge in [-0.15, -0.1) is 0 Å². The number of alkyl carbamates (subject to hydrolysis) is 1. The largest absolute Gasteiger partial charge is 0.444 e. The molecule has 0 unspecified atom stereocenters. The van der Waals surface area contributed by atoms with Crippen LogP contribution >= 0.6 is 0 Å². The molecule has 4 N–H and O–H groups in total. The van der Waals surface area contributed by atoms with Gasteiger partial charge >= 0.3 is 6.09 Å². The lowest BCUT2D eigenvalue weighted by Crippen LogP contribution is -2.56. The minimum absolute atomic E-state index is 0.255. The zero-order valence-electron chi connectivity index (χ0n) is 23.2. The van der Waals surface area contributed by atoms with Crippen LogP contribution in [-0.2, 0) is 20.9 Å². The number of amides is 3. The maximum Gasteiger partial charge on any atom is 0.408 e. The Kier molecular flexibility index (Phi) is 9.04. The van der Waals surface area contributed by atoms with Crippen molar-refractivity contribution < 1.29 is 19.1 Å². The summed E-state index contributed by atoms with van der Waals surface area (Å²) in [4.78, 5) is 46.3. The summed E-state index contributed by atoms with van der Waals surface area (Å²) in [5.74, 6) is -0.699. The normalized spacial score (nSPS) is 15.9. The predicted octanol–water partition coefficient (Wildman–Crippen LogP) is 4.00. The van der Waals surface area contributed by atoms with Gasteiger partial charge in [0.1, 0.15) is 23.5 Å². The van der Waals surface area contributed by atoms with E-state index in [1.54, 1.807) is 44.0 Å². The van der Waals surface area contributed by atoms with Gasteiger partial charge in [-0.1, -0.05) is 66.7 Å². The van der Waals surface area contributed by atoms with E-state index < -0.39 is 29.7 Å². The summed E-state index contributed by atoms with van der Waals surface area (Å²) in [6.07, 6.45) is 2.11. The minimum atomic E-state index is -1.01. The number of carbonyl (C=O) groups excluding carboxylic acids is 3. The number of likely N-dealkylation sites (tertiary alicyclic amines) is 1. The topological polar surface area (TPSA) is 127 Å². The number of rotatable bonds is 8. The lowest BCUT2D eigenvalue weighted by molar-refractivity contribution is -0.140. The molecule has 0 bridgehead atoms. The van der Waals surface area contributed by atoms with Crippen LogP contribution in [0.1, 0.15) is 56.2 Å². The number of nitrogen functional groups attached to an aromatic ring is 1. The molecule has 0 aliphatic carbocycles. The molecular weight excluding hydrogens is 506 g/mol. The van der Waals surface area contributed by atoms with E-state index in [0.717, 1.165) is 16.7 Å². The monoisotopic (exact) mass is 543 g/mol. The Morgan fingerprint density at radius 3 is 2.17 bits per heavy atom. The molecule has 2 aromatic carbocycles. The smallest absolute Gasteiger partial charge is 0.408 e. The number of benzene rings is 2. The molecule has 40 heavy (non-hydrogen) atoms. The van der Waals surface area contributed by atoms with Gasteiger partial charge in [-0.05, 0) is 56.4 Å². The van der Waals surface area contributed by atoms with Gasteiger partial charge in [0, 0.05) is 25.2 Å². The summed E-state index contributed by atoms with van der Waals surface area (Å²) >= 11 is 0. The van der Waals surface area contributed by atoms with Crippen LogP contribution in [0.3, 0.4) is 0 Å². The van der Waals surface area contributed by atoms with E-state index in [4.69, 9.17) is 10.5 Å². The molecule has 2 atom stereocenters. The van der Waals surface area contributed by atoms with E-state index in [1.165, 1.54) is 0 Å². The summed E-state index contributed by atoms with van der Waals surface area (Å²) in [5, 5.41) is 5.79. The number of hydrogen-bond acceptors (Lipinski definition) is 6. The summed E-state index contributed by atoms with van der Waals surface area (Å²) in [6.45, 7) is 5.98. The third-order valence-electron chi connectivity index (χ3n) is 6.74. The number of aromatic nitrogens is 1. The van der Waals surface area contributed by atoms with Crippen LogP contribution in [0.15, 0.2) is 79.0 Å². The quantitative estimate of drug-likeness (QED) is 0.394. The van der Waals surface area contributed by atoms with Crippen LogP contribution < -0.4 is 16.4 Å². The highest BCUT2D eigenvalue weighted by atomic mass is 16.6. The molecule has 210 valence electrons. The maximum atomic E-state index is 14.3. The Balaban J connectivity index is 1.63. The summed E-state index contributed by atoms with van der Waals surface area (Å²) in [6, 6.07) is 21.0. The summed E-state index contributed by atoms with van der Waals surface area (Å²) in [5.41, 5.74) is 7.43. The van der Waals surface area contributed by atoms with Crippen molar-refractivity contribution >= 4 is 23.7 Å². The molecule has 3 amide bonds. The van der Waals surface area contributed by atoms with E-state index in [9.17, 15) is 14.4 Å². The Hall–Kier alpha value is -4.40. The van der Waals surface area contributed by atoms with Crippen molar-refractivity contribution in [1.29, 1.82) is 0 Å². The number of hydrogen-bond donors (Lipinski definition) is 3. The fraction of sp³-hybridized carbons (Fsp3) is 0.355. The lowest BCUT2D eigenvalue weighted by Gasteiger charge is -2.34. The summed E-state index contributed by atoms with van der Waals surface area (Å²) < 4.78 is 5.56. The van der Waals surface area contributed by atoms with Crippen LogP contribution in [0.4, 0.5) is 10.6 Å². The molecule has 9 heteroatoms. The molecular formula is C31H37N5O4. The number of nitrogens with zero attached hydrogens (tertiary/aromatic N) is 2. The van der Waals surface area contributed by atoms with Gasteiger partial charge in [-0.2, -0.15) is 0 Å². The van der Waals surface area contributed by atoms with Crippen LogP contribution in [0.2, 0.25) is 0 Å². The molecule has 1 aliphatic heterocycles. The van der Waals surface area contributed by atoms with Gasteiger partial charge < -0.3 is 26.0 Å². The van der Waals surface area contributed by atoms with Crippen molar-refractivity contribution in [3.05, 3.63) is 95.7 Å². The fourth-order valence-electron chi connectivity index (χ4n) is 4.95. The van der Waals surface area contributed by atoms with E-state index >= 15 is 0 Å². The maximum absolute atomic E-state index is 14.3. The van der Waals surface area contributed by atoms with E-state index in [2.05, 4.69) is 15.6 Å². The third-order valence-corrected chi connectivity index (χ3v) is 6.74. The summed E-state index contributed by atoms with van der Waals surface area (Å²) in [7, 11) is 0. The average molecular weight is 544 g/mol. The van der Waals surface area contributed by atoms with Gasteiger partial charge in [-0.25, -0.2) is 9.78 Å². The van der Waals surface area contributed by atoms with E-state index in [-0.39, 0.29) is 18.4 Å². The van der Waals surface area contributed by atoms with Crippen molar-refractivity contribution in [2.75, 3.05) is 12.3 Å². The Morgan fingerprint density at radius 2 is 1.62 bits per heavy atom. The molecule has 0 saturated carbocycles. The Morgan fingerprint density at radius 1 is 1.00 bits per heavy atom. The molecule has 9 nitrogen and oxygen atoms in total. The lowest BCUT2D eigenvalue weighted by atomic mass is 9.84. The van der Waals surface area contributed by atoms with Gasteiger partial charge in [0.25, 0.3) is 0 Å². The average Bonchev–Trinajstić information content (AvgIpc) is 3.42. The second kappa shape index (κ2) is 12.6. The first kappa shape index (κ1) is 28.6. The zero-order valence-corrected chi connectivity index (χ0v) is 23.2. The van der Waals surface area contributed by atoms with Gasteiger partial charge in [0.05, 0.1) is 0 Å². The highest BCUT2D eigenvalue weighted by molar-refractivity contribution is 5.93. The number of nitrogens with one attached hydrogen (secondary N) is 2. The molecule has 1 saturated heterocycles. The Bertz CT molecular complexity index is 1250. The highest BCUT2D eigenvalue weighted by Gasteiger charge is 2.42. The minimum Gasteiger partial charge on any atom is -0.444 e. The molecule has 2 heterocycles. The first-order valence-corrected chi connectivity index (χ1v) is 13.5. The number of carbonyl (C=O) groups is 3. The van der Waals surface area contributed by atoms with Crippen molar-refractivity contribution in [3.63, 3.8) is 0 Å². The van der Waals surface area contributed by atoms with E-state index in [0.29, 0.717) is 25.2 Å². The first-order chi connectivity index (χ1) is 19.1. The highest BCUT2D eigenvalue weighted by Crippen LogP contribution is 2.31. The van der Waals surface area contributed by atoms with Gasteiger partial charge in [-0.3, -0.25) is 9.59 Å². The molecule has 4 rings (SSSR count). The second-order valence-electron chi connectivity index (χ2n) is 10.9. The SMILES string of the molecule is CC(C)(C)OC(=O)N[C@@H](C(=O)N1CCC[C@H]1C(=O)NCc1ccc(N)nc1)C(c1ccccc1)c1ccccc1. The van der Waals surface area contributed by atoms with Crippen molar-refractivity contribution in [2.24, 2.45) is 0 Å². The van der Waals surface area contributed by atoms with Crippen molar-refractivity contribution in [3.8, 4) is 0 Å². The molecule has 1 fully saturated rings. The number of ether oxygens (including phenoxy) is 1. The third kappa shape index (κ3) is 7.37. The molecule has 1 aliphatic rings. The van der Waals surface area contributed by atoms with Crippen LogP contribution in [0.25, 0.3) is 0 Å². The molecule has 0 radical (unpaired) electrons. The van der Waals surface area contributed by atoms with E-state index in [1.807, 2.05) is 60.7 Å². The predicted molar refractivity (Wildman–Crippen MR) is 153 cm³/mol. The number of anilines is 1. The van der Waals surface area contributed by atoms with Gasteiger partial charge in [0.2, 0.25) is 11.8 Å². The standard InChI is InChI=1S/C31H37N5O4/c1-31(2,3)40-30(39)35-27(26(22-11-6-4-7-12-22)23-13-8-5-9-14-23)29(38)36-18-10-15-24(36)28(37)34-20-21-16-17-25(32)33-19-21/h4-9,11-14,16-17,19,24,26-27H,10,15,18,20H2,1-3H3,(H2,32,33)(H,34,37)(H,35,39)/t24-,27+/m0/s1. The van der Waals surface area contributed by atoms with Crippen LogP contribution in [-0.4, -0.2) is 52.0 Å². The molecule has 1 aromatic heterocycles.